The predicted molar refractivity (Wildman–Crippen MR) is 67.6 cm³/mol. The van der Waals surface area contributed by atoms with Crippen LogP contribution in [0, 0.1) is 0 Å². The molecule has 2 heterocycles. The smallest absolute Gasteiger partial charge is 0.371 e. The van der Waals surface area contributed by atoms with E-state index in [1.54, 1.807) is 0 Å². The number of carboxylic acids is 1. The number of hydrogen-bond donors (Lipinski definition) is 3. The molecule has 2 aliphatic heterocycles. The molecule has 104 valence electrons. The first-order valence-corrected chi connectivity index (χ1v) is 5.97. The van der Waals surface area contributed by atoms with Gasteiger partial charge < -0.3 is 24.8 Å². The molecular weight excluding hydrogens is 264 g/mol. The molecule has 3 rings (SSSR count). The standard InChI is InChI=1S/C14H12O6/c1-6-2-12(14(17)18)19-11-5-8-9(16)3-7(15)4-10(8)20-13(6)11/h2-4,11,13,15-16H,1,5H2,(H,17,18). The Bertz CT molecular complexity index is 645. The van der Waals surface area contributed by atoms with Crippen molar-refractivity contribution in [3.05, 3.63) is 41.7 Å². The lowest BCUT2D eigenvalue weighted by atomic mass is 9.92. The molecule has 0 fully saturated rings. The Morgan fingerprint density at radius 3 is 2.75 bits per heavy atom. The average molecular weight is 276 g/mol. The highest BCUT2D eigenvalue weighted by Crippen LogP contribution is 2.41. The maximum Gasteiger partial charge on any atom is 0.371 e. The zero-order valence-electron chi connectivity index (χ0n) is 10.4. The Balaban J connectivity index is 1.99. The summed E-state index contributed by atoms with van der Waals surface area (Å²) in [5.74, 6) is -1.24. The van der Waals surface area contributed by atoms with Crippen LogP contribution >= 0.6 is 0 Å². The third-order valence-electron chi connectivity index (χ3n) is 3.34. The second-order valence-corrected chi connectivity index (χ2v) is 4.73. The van der Waals surface area contributed by atoms with Crippen LogP contribution in [0.2, 0.25) is 0 Å². The summed E-state index contributed by atoms with van der Waals surface area (Å²) >= 11 is 0. The van der Waals surface area contributed by atoms with E-state index >= 15 is 0 Å². The summed E-state index contributed by atoms with van der Waals surface area (Å²) < 4.78 is 11.0. The zero-order chi connectivity index (χ0) is 14.4. The van der Waals surface area contributed by atoms with Crippen LogP contribution in [0.5, 0.6) is 17.2 Å². The number of rotatable bonds is 1. The maximum absolute atomic E-state index is 11.0. The fourth-order valence-corrected chi connectivity index (χ4v) is 2.43. The summed E-state index contributed by atoms with van der Waals surface area (Å²) in [4.78, 5) is 11.0. The van der Waals surface area contributed by atoms with Crippen LogP contribution in [0.3, 0.4) is 0 Å². The molecule has 0 bridgehead atoms. The molecule has 3 N–H and O–H groups in total. The number of hydrogen-bond acceptors (Lipinski definition) is 5. The molecule has 2 aliphatic rings. The lowest BCUT2D eigenvalue weighted by molar-refractivity contribution is -0.139. The maximum atomic E-state index is 11.0. The van der Waals surface area contributed by atoms with Gasteiger partial charge in [0.1, 0.15) is 23.4 Å². The summed E-state index contributed by atoms with van der Waals surface area (Å²) in [5.41, 5.74) is 0.954. The van der Waals surface area contributed by atoms with E-state index in [0.29, 0.717) is 16.9 Å². The van der Waals surface area contributed by atoms with Crippen molar-refractivity contribution in [2.75, 3.05) is 0 Å². The van der Waals surface area contributed by atoms with E-state index in [2.05, 4.69) is 6.58 Å². The normalized spacial score (nSPS) is 23.8. The van der Waals surface area contributed by atoms with Gasteiger partial charge >= 0.3 is 5.97 Å². The van der Waals surface area contributed by atoms with Crippen LogP contribution in [0.1, 0.15) is 5.56 Å². The molecule has 1 aromatic carbocycles. The minimum atomic E-state index is -1.18. The van der Waals surface area contributed by atoms with Crippen LogP contribution in [0.4, 0.5) is 0 Å². The molecule has 0 spiro atoms. The van der Waals surface area contributed by atoms with Crippen molar-refractivity contribution in [3.8, 4) is 17.2 Å². The predicted octanol–water partition coefficient (Wildman–Crippen LogP) is 1.32. The van der Waals surface area contributed by atoms with Gasteiger partial charge in [0.15, 0.2) is 6.10 Å². The number of phenols is 2. The molecule has 0 saturated heterocycles. The Labute approximate surface area is 114 Å². The van der Waals surface area contributed by atoms with Crippen molar-refractivity contribution in [2.45, 2.75) is 18.6 Å². The Morgan fingerprint density at radius 2 is 2.05 bits per heavy atom. The first-order valence-electron chi connectivity index (χ1n) is 5.97. The Morgan fingerprint density at radius 1 is 1.30 bits per heavy atom. The van der Waals surface area contributed by atoms with Crippen molar-refractivity contribution in [1.82, 2.24) is 0 Å². The number of carbonyl (C=O) groups is 1. The van der Waals surface area contributed by atoms with Crippen molar-refractivity contribution >= 4 is 5.97 Å². The van der Waals surface area contributed by atoms with Gasteiger partial charge in [0, 0.05) is 24.1 Å². The van der Waals surface area contributed by atoms with Gasteiger partial charge in [-0.2, -0.15) is 0 Å². The number of aliphatic carboxylic acids is 1. The topological polar surface area (TPSA) is 96.2 Å². The number of ether oxygens (including phenoxy) is 2. The van der Waals surface area contributed by atoms with Crippen molar-refractivity contribution < 1.29 is 29.6 Å². The van der Waals surface area contributed by atoms with Crippen LogP contribution in [-0.2, 0) is 16.0 Å². The molecule has 2 unspecified atom stereocenters. The van der Waals surface area contributed by atoms with Crippen molar-refractivity contribution in [2.24, 2.45) is 0 Å². The first kappa shape index (κ1) is 12.4. The van der Waals surface area contributed by atoms with Crippen LogP contribution in [0.15, 0.2) is 36.1 Å². The van der Waals surface area contributed by atoms with Crippen LogP contribution in [-0.4, -0.2) is 33.5 Å². The number of carboxylic acid groups (broad SMARTS) is 1. The summed E-state index contributed by atoms with van der Waals surface area (Å²) in [5, 5.41) is 28.3. The molecule has 2 atom stereocenters. The molecule has 6 heteroatoms. The number of phenolic OH excluding ortho intramolecular Hbond substituents is 2. The van der Waals surface area contributed by atoms with E-state index < -0.39 is 18.2 Å². The highest BCUT2D eigenvalue weighted by Gasteiger charge is 2.39. The van der Waals surface area contributed by atoms with Gasteiger partial charge in [0.05, 0.1) is 0 Å². The van der Waals surface area contributed by atoms with E-state index in [4.69, 9.17) is 14.6 Å². The summed E-state index contributed by atoms with van der Waals surface area (Å²) in [6.07, 6.45) is 0.487. The number of aromatic hydroxyl groups is 2. The molecule has 1 aromatic rings. The van der Waals surface area contributed by atoms with Gasteiger partial charge in [-0.15, -0.1) is 0 Å². The fraction of sp³-hybridized carbons (Fsp3) is 0.214. The lowest BCUT2D eigenvalue weighted by Crippen LogP contribution is -2.43. The molecule has 0 saturated carbocycles. The van der Waals surface area contributed by atoms with Gasteiger partial charge in [0.25, 0.3) is 0 Å². The minimum absolute atomic E-state index is 0.108. The third-order valence-corrected chi connectivity index (χ3v) is 3.34. The number of fused-ring (bicyclic) bond motifs is 2. The van der Waals surface area contributed by atoms with E-state index in [9.17, 15) is 15.0 Å². The van der Waals surface area contributed by atoms with E-state index in [1.807, 2.05) is 0 Å². The minimum Gasteiger partial charge on any atom is -0.508 e. The fourth-order valence-electron chi connectivity index (χ4n) is 2.43. The van der Waals surface area contributed by atoms with Crippen molar-refractivity contribution in [3.63, 3.8) is 0 Å². The summed E-state index contributed by atoms with van der Waals surface area (Å²) in [6.45, 7) is 3.78. The van der Waals surface area contributed by atoms with Gasteiger partial charge in [-0.1, -0.05) is 6.58 Å². The highest BCUT2D eigenvalue weighted by atomic mass is 16.6. The van der Waals surface area contributed by atoms with E-state index in [-0.39, 0.29) is 23.7 Å². The zero-order valence-corrected chi connectivity index (χ0v) is 10.4. The lowest BCUT2D eigenvalue weighted by Gasteiger charge is -2.37. The molecule has 6 nitrogen and oxygen atoms in total. The molecule has 0 aliphatic carbocycles. The Kier molecular flexibility index (Phi) is 2.60. The summed E-state index contributed by atoms with van der Waals surface area (Å²) in [6, 6.07) is 2.60. The van der Waals surface area contributed by atoms with Crippen LogP contribution in [0.25, 0.3) is 0 Å². The third kappa shape index (κ3) is 1.85. The quantitative estimate of drug-likeness (QED) is 0.716. The van der Waals surface area contributed by atoms with Gasteiger partial charge in [-0.05, 0) is 11.6 Å². The monoisotopic (exact) mass is 276 g/mol. The molecular formula is C14H12O6. The van der Waals surface area contributed by atoms with Gasteiger partial charge in [-0.25, -0.2) is 4.79 Å². The second-order valence-electron chi connectivity index (χ2n) is 4.73. The SMILES string of the molecule is C=C1C=C(C(=O)O)OC2Cc3c(O)cc(O)cc3OC12. The van der Waals surface area contributed by atoms with Gasteiger partial charge in [0.2, 0.25) is 5.76 Å². The highest BCUT2D eigenvalue weighted by molar-refractivity contribution is 5.85. The second kappa shape index (κ2) is 4.19. The first-order chi connectivity index (χ1) is 9.45. The molecule has 0 radical (unpaired) electrons. The largest absolute Gasteiger partial charge is 0.508 e. The molecule has 0 aromatic heterocycles. The average Bonchev–Trinajstić information content (AvgIpc) is 2.37. The summed E-state index contributed by atoms with van der Waals surface area (Å²) in [7, 11) is 0. The molecule has 20 heavy (non-hydrogen) atoms. The van der Waals surface area contributed by atoms with Crippen molar-refractivity contribution in [1.29, 1.82) is 0 Å². The van der Waals surface area contributed by atoms with E-state index in [1.165, 1.54) is 18.2 Å². The van der Waals surface area contributed by atoms with Gasteiger partial charge in [-0.3, -0.25) is 0 Å². The Hall–Kier alpha value is -2.63. The van der Waals surface area contributed by atoms with Crippen LogP contribution < -0.4 is 4.74 Å². The van der Waals surface area contributed by atoms with E-state index in [0.717, 1.165) is 0 Å². The molecule has 0 amide bonds. The number of benzene rings is 1.